The molecule has 6 rings (SSSR count). The number of aryl methyl sites for hydroxylation is 2. The third kappa shape index (κ3) is 5.77. The largest absolute Gasteiger partial charge is 0.512 e. The molecule has 0 spiro atoms. The van der Waals surface area contributed by atoms with Crippen LogP contribution in [0.1, 0.15) is 63.8 Å². The molecule has 0 saturated carbocycles. The number of aromatic nitrogens is 2. The summed E-state index contributed by atoms with van der Waals surface area (Å²) in [6, 6.07) is 18.9. The number of carbonyl (C=O) groups excluding carboxylic acids is 1. The summed E-state index contributed by atoms with van der Waals surface area (Å²) in [5, 5.41) is 17.0. The molecule has 0 bridgehead atoms. The predicted molar refractivity (Wildman–Crippen MR) is 175 cm³/mol. The fourth-order valence-corrected chi connectivity index (χ4v) is 6.98. The van der Waals surface area contributed by atoms with Gasteiger partial charge in [-0.25, -0.2) is 0 Å². The van der Waals surface area contributed by atoms with Crippen molar-refractivity contribution in [1.82, 2.24) is 9.38 Å². The number of allylic oxidation sites excluding steroid dienone is 2. The summed E-state index contributed by atoms with van der Waals surface area (Å²) < 4.78 is 3.58. The van der Waals surface area contributed by atoms with E-state index in [9.17, 15) is 9.90 Å². The van der Waals surface area contributed by atoms with Crippen LogP contribution < -0.4 is 0 Å². The van der Waals surface area contributed by atoms with Crippen LogP contribution >= 0.6 is 11.3 Å². The van der Waals surface area contributed by atoms with Crippen molar-refractivity contribution in [3.63, 3.8) is 0 Å². The molecule has 0 fully saturated rings. The maximum Gasteiger partial charge on any atom is 0.162 e. The topological polar surface area (TPSA) is 54.6 Å². The molecule has 1 N–H and O–H groups in total. The summed E-state index contributed by atoms with van der Waals surface area (Å²) in [7, 11) is 0. The third-order valence-electron chi connectivity index (χ3n) is 8.57. The van der Waals surface area contributed by atoms with Crippen LogP contribution in [0.15, 0.2) is 66.7 Å². The molecule has 221 valence electrons. The van der Waals surface area contributed by atoms with Gasteiger partial charge in [-0.05, 0) is 56.5 Å². The first-order chi connectivity index (χ1) is 19.8. The van der Waals surface area contributed by atoms with Crippen molar-refractivity contribution >= 4 is 65.3 Å². The van der Waals surface area contributed by atoms with E-state index in [2.05, 4.69) is 78.0 Å². The zero-order valence-corrected chi connectivity index (χ0v) is 28.5. The van der Waals surface area contributed by atoms with Crippen LogP contribution in [0.4, 0.5) is 0 Å². The number of hydrogen-bond donors (Lipinski definition) is 1. The van der Waals surface area contributed by atoms with Gasteiger partial charge in [0.15, 0.2) is 5.78 Å². The van der Waals surface area contributed by atoms with Crippen molar-refractivity contribution < 1.29 is 30.0 Å². The Hall–Kier alpha value is -3.05. The quantitative estimate of drug-likeness (QED) is 0.0581. The van der Waals surface area contributed by atoms with E-state index in [-0.39, 0.29) is 43.5 Å². The Labute approximate surface area is 265 Å². The van der Waals surface area contributed by atoms with E-state index >= 15 is 0 Å². The third-order valence-corrected chi connectivity index (χ3v) is 9.75. The summed E-state index contributed by atoms with van der Waals surface area (Å²) >= 11 is 1.87. The first-order valence-corrected chi connectivity index (χ1v) is 15.6. The second-order valence-corrected chi connectivity index (χ2v) is 12.1. The SMILES string of the molecule is CCC(CC)C(=O)/C=C(\O)C(CC)CC.Cc1sc2ccc3c4cc5ccccc5[c-]c4c4nccn4c3c2c1C.[Ir]. The second-order valence-electron chi connectivity index (χ2n) is 10.9. The van der Waals surface area contributed by atoms with Crippen molar-refractivity contribution in [2.75, 3.05) is 0 Å². The van der Waals surface area contributed by atoms with Gasteiger partial charge in [-0.1, -0.05) is 68.1 Å². The van der Waals surface area contributed by atoms with Crippen LogP contribution in [0, 0.1) is 31.7 Å². The molecule has 3 aromatic carbocycles. The molecule has 0 aliphatic carbocycles. The van der Waals surface area contributed by atoms with Crippen LogP contribution in [-0.2, 0) is 24.9 Å². The maximum absolute atomic E-state index is 11.7. The van der Waals surface area contributed by atoms with Gasteiger partial charge in [0, 0.05) is 70.9 Å². The fourth-order valence-electron chi connectivity index (χ4n) is 5.91. The Morgan fingerprint density at radius 3 is 2.38 bits per heavy atom. The summed E-state index contributed by atoms with van der Waals surface area (Å²) in [6.07, 6.45) is 8.88. The number of thiophene rings is 1. The van der Waals surface area contributed by atoms with Gasteiger partial charge in [0.1, 0.15) is 0 Å². The van der Waals surface area contributed by atoms with Crippen molar-refractivity contribution in [3.8, 4) is 0 Å². The molecule has 6 heteroatoms. The van der Waals surface area contributed by atoms with E-state index in [0.717, 1.165) is 42.1 Å². The number of ketones is 1. The number of benzene rings is 3. The first-order valence-electron chi connectivity index (χ1n) is 14.8. The van der Waals surface area contributed by atoms with Gasteiger partial charge in [-0.15, -0.1) is 34.9 Å². The van der Waals surface area contributed by atoms with E-state index in [1.54, 1.807) is 0 Å². The smallest absolute Gasteiger partial charge is 0.162 e. The average molecular weight is 756 g/mol. The van der Waals surface area contributed by atoms with Crippen molar-refractivity contribution in [1.29, 1.82) is 0 Å². The number of aliphatic hydroxyl groups is 1. The van der Waals surface area contributed by atoms with Gasteiger partial charge in [0.2, 0.25) is 0 Å². The number of hydrogen-bond acceptors (Lipinski definition) is 4. The molecule has 0 atom stereocenters. The summed E-state index contributed by atoms with van der Waals surface area (Å²) in [5.74, 6) is 0.547. The van der Waals surface area contributed by atoms with Crippen LogP contribution in [0.3, 0.4) is 0 Å². The fraction of sp³-hybridized carbons (Fsp3) is 0.333. The van der Waals surface area contributed by atoms with Gasteiger partial charge >= 0.3 is 0 Å². The Morgan fingerprint density at radius 2 is 1.69 bits per heavy atom. The minimum atomic E-state index is 0. The molecular formula is C36H39IrN2O2S-. The van der Waals surface area contributed by atoms with E-state index in [1.165, 1.54) is 48.3 Å². The van der Waals surface area contributed by atoms with Gasteiger partial charge < -0.3 is 9.51 Å². The number of rotatable bonds is 7. The number of fused-ring (bicyclic) bond motifs is 9. The molecule has 0 amide bonds. The van der Waals surface area contributed by atoms with E-state index in [1.807, 2.05) is 45.2 Å². The minimum absolute atomic E-state index is 0. The van der Waals surface area contributed by atoms with Crippen LogP contribution in [-0.4, -0.2) is 20.3 Å². The van der Waals surface area contributed by atoms with Crippen molar-refractivity contribution in [2.24, 2.45) is 11.8 Å². The Balaban J connectivity index is 0.000000221. The Morgan fingerprint density at radius 1 is 1.00 bits per heavy atom. The van der Waals surface area contributed by atoms with Gasteiger partial charge in [-0.2, -0.15) is 0 Å². The number of imidazole rings is 1. The van der Waals surface area contributed by atoms with Gasteiger partial charge in [-0.3, -0.25) is 9.78 Å². The molecule has 0 aliphatic heterocycles. The van der Waals surface area contributed by atoms with E-state index in [0.29, 0.717) is 0 Å². The molecule has 4 nitrogen and oxygen atoms in total. The van der Waals surface area contributed by atoms with Crippen LogP contribution in [0.25, 0.3) is 48.2 Å². The zero-order valence-electron chi connectivity index (χ0n) is 25.2. The molecular weight excluding hydrogens is 717 g/mol. The molecule has 3 aromatic heterocycles. The summed E-state index contributed by atoms with van der Waals surface area (Å²) in [6.45, 7) is 12.5. The molecule has 0 unspecified atom stereocenters. The van der Waals surface area contributed by atoms with E-state index in [4.69, 9.17) is 0 Å². The molecule has 42 heavy (non-hydrogen) atoms. The molecule has 0 aliphatic rings. The number of pyridine rings is 1. The number of aliphatic hydroxyl groups excluding tert-OH is 1. The molecule has 1 radical (unpaired) electrons. The standard InChI is InChI=1S/C23H15N2S.C13H24O2.Ir/c1-13-14(2)26-20-8-7-17-18-11-15-5-3-4-6-16(15)12-19(18)23-24-9-10-25(23)22(17)21(13)20;1-5-10(6-2)12(14)9-13(15)11(7-3)8-4;/h3-11H,1-2H3;9-11,14H,5-8H2,1-4H3;/q-1;;/b;12-9-;. The maximum atomic E-state index is 11.7. The van der Waals surface area contributed by atoms with Crippen molar-refractivity contribution in [2.45, 2.75) is 67.2 Å². The predicted octanol–water partition coefficient (Wildman–Crippen LogP) is 10.3. The van der Waals surface area contributed by atoms with Crippen LogP contribution in [0.5, 0.6) is 0 Å². The normalized spacial score (nSPS) is 12.0. The Kier molecular flexibility index (Phi) is 10.2. The Bertz CT molecular complexity index is 1910. The molecule has 3 heterocycles. The summed E-state index contributed by atoms with van der Waals surface area (Å²) in [5.41, 5.74) is 3.61. The summed E-state index contributed by atoms with van der Waals surface area (Å²) in [4.78, 5) is 17.8. The van der Waals surface area contributed by atoms with Crippen LogP contribution in [0.2, 0.25) is 0 Å². The monoisotopic (exact) mass is 756 g/mol. The van der Waals surface area contributed by atoms with Gasteiger partial charge in [0.25, 0.3) is 0 Å². The molecule has 6 aromatic rings. The average Bonchev–Trinajstić information content (AvgIpc) is 3.58. The minimum Gasteiger partial charge on any atom is -0.512 e. The molecule has 0 saturated heterocycles. The van der Waals surface area contributed by atoms with E-state index < -0.39 is 0 Å². The second kappa shape index (κ2) is 13.5. The number of carbonyl (C=O) groups is 1. The van der Waals surface area contributed by atoms with Crippen molar-refractivity contribution in [3.05, 3.63) is 83.2 Å². The first kappa shape index (κ1) is 31.9. The number of nitrogens with zero attached hydrogens (tertiary/aromatic N) is 2. The zero-order chi connectivity index (χ0) is 29.3. The van der Waals surface area contributed by atoms with Gasteiger partial charge in [0.05, 0.1) is 11.4 Å².